The molecule has 3 rings (SSSR count). The second kappa shape index (κ2) is 8.75. The zero-order valence-electron chi connectivity index (χ0n) is 14.6. The lowest BCUT2D eigenvalue weighted by molar-refractivity contribution is 0.456. The maximum atomic E-state index is 14.5. The summed E-state index contributed by atoms with van der Waals surface area (Å²) >= 11 is 0. The molecule has 0 N–H and O–H groups in total. The van der Waals surface area contributed by atoms with Crippen molar-refractivity contribution in [3.8, 4) is 22.5 Å². The van der Waals surface area contributed by atoms with Gasteiger partial charge in [-0.05, 0) is 48.6 Å². The van der Waals surface area contributed by atoms with Crippen LogP contribution < -0.4 is 0 Å². The predicted molar refractivity (Wildman–Crippen MR) is 96.3 cm³/mol. The minimum Gasteiger partial charge on any atom is -0.251 e. The molecule has 6 heteroatoms. The summed E-state index contributed by atoms with van der Waals surface area (Å²) in [6.07, 6.45) is 6.36. The first-order chi connectivity index (χ1) is 13.1. The Bertz CT molecular complexity index is 911. The third-order valence-corrected chi connectivity index (χ3v) is 4.26. The van der Waals surface area contributed by atoms with Crippen molar-refractivity contribution in [2.75, 3.05) is 6.67 Å². The lowest BCUT2D eigenvalue weighted by Crippen LogP contribution is -1.95. The average Bonchev–Trinajstić information content (AvgIpc) is 2.68. The normalized spacial score (nSPS) is 11.0. The molecule has 1 aromatic heterocycles. The highest BCUT2D eigenvalue weighted by Crippen LogP contribution is 2.27. The number of hydrogen-bond acceptors (Lipinski definition) is 2. The molecule has 0 amide bonds. The number of aromatic nitrogens is 2. The zero-order chi connectivity index (χ0) is 19.2. The number of aryl methyl sites for hydroxylation is 1. The van der Waals surface area contributed by atoms with Gasteiger partial charge in [0.1, 0.15) is 5.82 Å². The Labute approximate surface area is 154 Å². The van der Waals surface area contributed by atoms with E-state index in [-0.39, 0.29) is 17.8 Å². The molecule has 1 heterocycles. The lowest BCUT2D eigenvalue weighted by Gasteiger charge is -2.07. The summed E-state index contributed by atoms with van der Waals surface area (Å²) in [4.78, 5) is 8.51. The van der Waals surface area contributed by atoms with Crippen molar-refractivity contribution in [2.45, 2.75) is 25.7 Å². The lowest BCUT2D eigenvalue weighted by atomic mass is 10.0. The molecule has 2 nitrogen and oxygen atoms in total. The van der Waals surface area contributed by atoms with E-state index in [1.165, 1.54) is 18.2 Å². The van der Waals surface area contributed by atoms with Gasteiger partial charge in [-0.1, -0.05) is 24.6 Å². The van der Waals surface area contributed by atoms with Crippen molar-refractivity contribution in [1.82, 2.24) is 9.97 Å². The van der Waals surface area contributed by atoms with Crippen molar-refractivity contribution in [3.05, 3.63) is 71.8 Å². The van der Waals surface area contributed by atoms with E-state index in [0.717, 1.165) is 37.0 Å². The van der Waals surface area contributed by atoms with E-state index in [1.54, 1.807) is 18.5 Å². The fourth-order valence-corrected chi connectivity index (χ4v) is 2.79. The fourth-order valence-electron chi connectivity index (χ4n) is 2.79. The van der Waals surface area contributed by atoms with Crippen molar-refractivity contribution in [3.63, 3.8) is 0 Å². The number of alkyl halides is 1. The summed E-state index contributed by atoms with van der Waals surface area (Å²) in [5, 5.41) is 0. The summed E-state index contributed by atoms with van der Waals surface area (Å²) in [6, 6.07) is 7.65. The van der Waals surface area contributed by atoms with Crippen molar-refractivity contribution in [2.24, 2.45) is 0 Å². The summed E-state index contributed by atoms with van der Waals surface area (Å²) in [5.74, 6) is -2.20. The Hall–Kier alpha value is -2.76. The molecule has 0 aliphatic rings. The maximum absolute atomic E-state index is 14.5. The molecular formula is C21H18F4N2. The third-order valence-electron chi connectivity index (χ3n) is 4.26. The first-order valence-corrected chi connectivity index (χ1v) is 8.70. The number of benzene rings is 2. The molecule has 0 atom stereocenters. The molecule has 140 valence electrons. The smallest absolute Gasteiger partial charge is 0.159 e. The molecule has 0 aliphatic heterocycles. The first kappa shape index (κ1) is 19.0. The van der Waals surface area contributed by atoms with E-state index in [1.807, 2.05) is 0 Å². The monoisotopic (exact) mass is 374 g/mol. The largest absolute Gasteiger partial charge is 0.251 e. The average molecular weight is 374 g/mol. The predicted octanol–water partition coefficient (Wildman–Crippen LogP) is 5.91. The van der Waals surface area contributed by atoms with Gasteiger partial charge in [0, 0.05) is 23.5 Å². The highest BCUT2D eigenvalue weighted by Gasteiger charge is 2.11. The van der Waals surface area contributed by atoms with Crippen LogP contribution in [-0.2, 0) is 6.42 Å². The Morgan fingerprint density at radius 1 is 0.704 bits per heavy atom. The van der Waals surface area contributed by atoms with Gasteiger partial charge in [-0.25, -0.2) is 23.1 Å². The minimum absolute atomic E-state index is 0.169. The van der Waals surface area contributed by atoms with Gasteiger partial charge >= 0.3 is 0 Å². The summed E-state index contributed by atoms with van der Waals surface area (Å²) in [5.41, 5.74) is 1.85. The molecule has 0 saturated heterocycles. The van der Waals surface area contributed by atoms with Gasteiger partial charge in [0.25, 0.3) is 0 Å². The van der Waals surface area contributed by atoms with Crippen LogP contribution in [0.4, 0.5) is 17.6 Å². The van der Waals surface area contributed by atoms with Crippen LogP contribution in [0.3, 0.4) is 0 Å². The number of hydrogen-bond donors (Lipinski definition) is 0. The van der Waals surface area contributed by atoms with Crippen LogP contribution in [0.25, 0.3) is 22.5 Å². The highest BCUT2D eigenvalue weighted by molar-refractivity contribution is 5.68. The molecule has 3 aromatic rings. The Balaban J connectivity index is 1.76. The molecule has 0 spiro atoms. The van der Waals surface area contributed by atoms with Crippen LogP contribution in [0.1, 0.15) is 24.8 Å². The molecule has 0 unspecified atom stereocenters. The van der Waals surface area contributed by atoms with Gasteiger partial charge in [-0.2, -0.15) is 0 Å². The highest BCUT2D eigenvalue weighted by atomic mass is 19.2. The molecule has 27 heavy (non-hydrogen) atoms. The third kappa shape index (κ3) is 4.70. The fraction of sp³-hybridized carbons (Fsp3) is 0.238. The summed E-state index contributed by atoms with van der Waals surface area (Å²) in [7, 11) is 0. The first-order valence-electron chi connectivity index (χ1n) is 8.70. The topological polar surface area (TPSA) is 25.8 Å². The second-order valence-electron chi connectivity index (χ2n) is 6.24. The SMILES string of the molecule is FCCCCCc1cnc(-c2ccc(-c3ccc(F)c(F)c3)c(F)c2)nc1. The van der Waals surface area contributed by atoms with Crippen molar-refractivity contribution < 1.29 is 17.6 Å². The maximum Gasteiger partial charge on any atom is 0.159 e. The van der Waals surface area contributed by atoms with E-state index in [9.17, 15) is 17.6 Å². The van der Waals surface area contributed by atoms with Crippen molar-refractivity contribution in [1.29, 1.82) is 0 Å². The quantitative estimate of drug-likeness (QED) is 0.379. The van der Waals surface area contributed by atoms with Crippen LogP contribution in [0.15, 0.2) is 48.8 Å². The molecule has 0 bridgehead atoms. The van der Waals surface area contributed by atoms with Crippen molar-refractivity contribution >= 4 is 0 Å². The summed E-state index contributed by atoms with van der Waals surface area (Å²) < 4.78 is 53.0. The minimum atomic E-state index is -1.03. The van der Waals surface area contributed by atoms with E-state index in [4.69, 9.17) is 0 Å². The van der Waals surface area contributed by atoms with Crippen LogP contribution in [-0.4, -0.2) is 16.6 Å². The van der Waals surface area contributed by atoms with E-state index < -0.39 is 17.5 Å². The molecule has 0 aliphatic carbocycles. The van der Waals surface area contributed by atoms with Gasteiger partial charge < -0.3 is 0 Å². The molecule has 0 saturated carbocycles. The Morgan fingerprint density at radius 3 is 2.07 bits per heavy atom. The van der Waals surface area contributed by atoms with Gasteiger partial charge in [0.05, 0.1) is 6.67 Å². The van der Waals surface area contributed by atoms with Crippen LogP contribution in [0, 0.1) is 17.5 Å². The van der Waals surface area contributed by atoms with Gasteiger partial charge in [0.15, 0.2) is 17.5 Å². The van der Waals surface area contributed by atoms with Crippen LogP contribution >= 0.6 is 0 Å². The zero-order valence-corrected chi connectivity index (χ0v) is 14.6. The number of rotatable bonds is 7. The van der Waals surface area contributed by atoms with E-state index in [0.29, 0.717) is 17.8 Å². The van der Waals surface area contributed by atoms with E-state index >= 15 is 0 Å². The van der Waals surface area contributed by atoms with Crippen LogP contribution in [0.5, 0.6) is 0 Å². The second-order valence-corrected chi connectivity index (χ2v) is 6.24. The molecule has 0 fully saturated rings. The number of unbranched alkanes of at least 4 members (excludes halogenated alkanes) is 2. The van der Waals surface area contributed by atoms with Gasteiger partial charge in [-0.15, -0.1) is 0 Å². The van der Waals surface area contributed by atoms with Crippen LogP contribution in [0.2, 0.25) is 0 Å². The standard InChI is InChI=1S/C21H18F4N2/c22-9-3-1-2-4-14-12-26-21(27-13-14)16-5-7-17(19(24)11-16)15-6-8-18(23)20(25)10-15/h5-8,10-13H,1-4,9H2. The molecule has 0 radical (unpaired) electrons. The number of nitrogens with zero attached hydrogens (tertiary/aromatic N) is 2. The van der Waals surface area contributed by atoms with Gasteiger partial charge in [-0.3, -0.25) is 4.39 Å². The Kier molecular flexibility index (Phi) is 6.16. The van der Waals surface area contributed by atoms with Gasteiger partial charge in [0.2, 0.25) is 0 Å². The summed E-state index contributed by atoms with van der Waals surface area (Å²) in [6.45, 7) is -0.304. The number of halogens is 4. The van der Waals surface area contributed by atoms with E-state index in [2.05, 4.69) is 9.97 Å². The Morgan fingerprint density at radius 2 is 1.41 bits per heavy atom. The molecule has 2 aromatic carbocycles. The molecular weight excluding hydrogens is 356 g/mol.